The minimum absolute atomic E-state index is 0. The number of halogens is 1. The number of aliphatic hydroxyl groups excluding tert-OH is 1. The number of phosphoric acid groups is 3. The van der Waals surface area contributed by atoms with Gasteiger partial charge in [-0.25, -0.2) is 23.7 Å². The Hall–Kier alpha value is 2.61. The number of rotatable bonds is 8. The molecule has 0 saturated carbocycles. The van der Waals surface area contributed by atoms with Gasteiger partial charge in [-0.3, -0.25) is 18.0 Å². The van der Waals surface area contributed by atoms with Gasteiger partial charge in [0, 0.05) is 0 Å². The molecule has 6 unspecified atom stereocenters. The monoisotopic (exact) mass is 597 g/mol. The van der Waals surface area contributed by atoms with Crippen molar-refractivity contribution in [3.63, 3.8) is 0 Å². The Bertz CT molecular complexity index is 1130. The summed E-state index contributed by atoms with van der Waals surface area (Å²) in [7, 11) is -18.2. The number of hydrogen-bond donors (Lipinski definition) is 2. The first kappa shape index (κ1) is 39.8. The van der Waals surface area contributed by atoms with Crippen LogP contribution in [0.2, 0.25) is 0 Å². The topological polar surface area (TPSA) is 270 Å². The molecule has 174 valence electrons. The number of ether oxygens (including phenoxy) is 1. The van der Waals surface area contributed by atoms with Crippen molar-refractivity contribution >= 4 is 40.4 Å². The van der Waals surface area contributed by atoms with Crippen LogP contribution in [0.15, 0.2) is 12.7 Å². The van der Waals surface area contributed by atoms with Crippen molar-refractivity contribution in [3.05, 3.63) is 12.7 Å². The van der Waals surface area contributed by atoms with E-state index in [1.165, 1.54) is 0 Å². The van der Waals surface area contributed by atoms with Crippen molar-refractivity contribution in [2.45, 2.75) is 24.6 Å². The van der Waals surface area contributed by atoms with E-state index in [1.54, 1.807) is 0 Å². The molecule has 3 rings (SSSR count). The molecule has 3 heterocycles. The van der Waals surface area contributed by atoms with Crippen LogP contribution < -0.4 is 144 Å². The number of aromatic nitrogens is 4. The molecule has 17 nitrogen and oxygen atoms in total. The van der Waals surface area contributed by atoms with Gasteiger partial charge in [-0.2, -0.15) is 0 Å². The van der Waals surface area contributed by atoms with Crippen LogP contribution in [0.4, 0.5) is 10.2 Å². The van der Waals surface area contributed by atoms with Gasteiger partial charge in [0.1, 0.15) is 24.1 Å². The molecule has 6 atom stereocenters. The quantitative estimate of drug-likeness (QED) is 0.211. The van der Waals surface area contributed by atoms with E-state index < -0.39 is 54.7 Å². The zero-order valence-corrected chi connectivity index (χ0v) is 29.4. The molecule has 2 aromatic heterocycles. The first-order valence-corrected chi connectivity index (χ1v) is 12.2. The maximum Gasteiger partial charge on any atom is 1.00 e. The minimum Gasteiger partial charge on any atom is -0.790 e. The molecule has 0 spiro atoms. The van der Waals surface area contributed by atoms with E-state index in [-0.39, 0.29) is 135 Å². The van der Waals surface area contributed by atoms with Crippen LogP contribution in [-0.2, 0) is 31.6 Å². The number of fused-ring (bicyclic) bond motifs is 1. The van der Waals surface area contributed by atoms with Crippen LogP contribution >= 0.6 is 23.5 Å². The minimum atomic E-state index is -6.16. The summed E-state index contributed by atoms with van der Waals surface area (Å²) in [6.45, 7) is -1.16. The zero-order chi connectivity index (χ0) is 23.2. The number of aliphatic hydroxyl groups is 1. The third-order valence-electron chi connectivity index (χ3n) is 3.75. The standard InChI is InChI=1S/C10H15FN5O12P3.4Na/c11-5-7(17)4(1-25-30(21,22)28-31(23,24)27-29(18,19)20)26-10(5)16-3-15-6-8(12)13-2-14-9(6)16;;;;/h2-5,7,10,17H,1H2,(H,21,22)(H,23,24)(H2,12,13,14)(H2,18,19,20);;;;/q;4*+1/p-4. The van der Waals surface area contributed by atoms with E-state index in [1.807, 2.05) is 0 Å². The first-order valence-electron chi connectivity index (χ1n) is 7.81. The average Bonchev–Trinajstić information content (AvgIpc) is 3.13. The van der Waals surface area contributed by atoms with Crippen molar-refractivity contribution in [2.24, 2.45) is 0 Å². The Morgan fingerprint density at radius 1 is 1.06 bits per heavy atom. The summed E-state index contributed by atoms with van der Waals surface area (Å²) in [5, 5.41) is 9.97. The molecule has 0 aliphatic carbocycles. The van der Waals surface area contributed by atoms with Gasteiger partial charge in [-0.1, -0.05) is 0 Å². The summed E-state index contributed by atoms with van der Waals surface area (Å²) in [6.07, 6.45) is -5.18. The fraction of sp³-hybridized carbons (Fsp3) is 0.500. The van der Waals surface area contributed by atoms with Crippen LogP contribution in [0.25, 0.3) is 11.2 Å². The molecular weight excluding hydrogens is 586 g/mol. The predicted octanol–water partition coefficient (Wildman–Crippen LogP) is -15.2. The van der Waals surface area contributed by atoms with E-state index in [0.29, 0.717) is 0 Å². The second-order valence-corrected chi connectivity index (χ2v) is 10.1. The number of hydrogen-bond acceptors (Lipinski definition) is 16. The molecule has 35 heavy (non-hydrogen) atoms. The molecule has 1 aliphatic rings. The molecule has 0 aromatic carbocycles. The number of phosphoric ester groups is 1. The Morgan fingerprint density at radius 2 is 1.66 bits per heavy atom. The molecule has 0 radical (unpaired) electrons. The molecule has 1 aliphatic heterocycles. The molecular formula is C10H11FN5Na4O12P3. The van der Waals surface area contributed by atoms with Gasteiger partial charge in [-0.05, 0) is 0 Å². The third-order valence-corrected chi connectivity index (χ3v) is 7.42. The summed E-state index contributed by atoms with van der Waals surface area (Å²) in [5.41, 5.74) is 5.76. The Kier molecular flexibility index (Phi) is 17.7. The number of anilines is 1. The summed E-state index contributed by atoms with van der Waals surface area (Å²) in [5.74, 6) is -0.0213. The van der Waals surface area contributed by atoms with E-state index >= 15 is 0 Å². The van der Waals surface area contributed by atoms with E-state index in [4.69, 9.17) is 10.5 Å². The van der Waals surface area contributed by atoms with Gasteiger partial charge in [0.25, 0.3) is 15.6 Å². The predicted molar refractivity (Wildman–Crippen MR) is 85.5 cm³/mol. The molecule has 1 saturated heterocycles. The van der Waals surface area contributed by atoms with Crippen molar-refractivity contribution in [1.82, 2.24) is 19.5 Å². The van der Waals surface area contributed by atoms with Gasteiger partial charge in [0.2, 0.25) is 0 Å². The van der Waals surface area contributed by atoms with Gasteiger partial charge in [-0.15, -0.1) is 0 Å². The number of imidazole rings is 1. The molecule has 0 bridgehead atoms. The maximum absolute atomic E-state index is 14.6. The largest absolute Gasteiger partial charge is 1.00 e. The number of alkyl halides is 1. The fourth-order valence-electron chi connectivity index (χ4n) is 2.57. The summed E-state index contributed by atoms with van der Waals surface area (Å²) < 4.78 is 64.3. The Balaban J connectivity index is 0. The van der Waals surface area contributed by atoms with E-state index in [2.05, 4.69) is 28.1 Å². The summed E-state index contributed by atoms with van der Waals surface area (Å²) in [4.78, 5) is 54.7. The summed E-state index contributed by atoms with van der Waals surface area (Å²) >= 11 is 0. The molecule has 3 N–H and O–H groups in total. The number of nitrogen functional groups attached to an aromatic ring is 1. The molecule has 1 fully saturated rings. The van der Waals surface area contributed by atoms with Gasteiger partial charge < -0.3 is 44.2 Å². The van der Waals surface area contributed by atoms with Gasteiger partial charge in [0.15, 0.2) is 23.9 Å². The Morgan fingerprint density at radius 3 is 2.23 bits per heavy atom. The zero-order valence-electron chi connectivity index (χ0n) is 18.7. The number of nitrogens with two attached hydrogens (primary N) is 1. The van der Waals surface area contributed by atoms with E-state index in [0.717, 1.165) is 17.2 Å². The maximum atomic E-state index is 14.6. The van der Waals surface area contributed by atoms with Crippen LogP contribution in [-0.4, -0.2) is 49.6 Å². The van der Waals surface area contributed by atoms with Crippen LogP contribution in [0.3, 0.4) is 0 Å². The average molecular weight is 597 g/mol. The van der Waals surface area contributed by atoms with Crippen molar-refractivity contribution in [2.75, 3.05) is 12.3 Å². The molecule has 0 amide bonds. The second kappa shape index (κ2) is 15.6. The van der Waals surface area contributed by atoms with Crippen molar-refractivity contribution in [1.29, 1.82) is 0 Å². The number of nitrogens with zero attached hydrogens (tertiary/aromatic N) is 4. The Labute approximate surface area is 284 Å². The first-order chi connectivity index (χ1) is 14.2. The second-order valence-electron chi connectivity index (χ2n) is 5.88. The fourth-order valence-corrected chi connectivity index (χ4v) is 5.43. The van der Waals surface area contributed by atoms with Crippen LogP contribution in [0, 0.1) is 0 Å². The molecule has 2 aromatic rings. The SMILES string of the molecule is Nc1ncnc2c1ncn2C1OC(COP(=O)([O-])OP(=O)([O-])OP(=O)([O-])[O-])C(O)C1F.[Na+].[Na+].[Na+].[Na+]. The van der Waals surface area contributed by atoms with Crippen molar-refractivity contribution in [3.8, 4) is 0 Å². The van der Waals surface area contributed by atoms with Crippen LogP contribution in [0.5, 0.6) is 0 Å². The van der Waals surface area contributed by atoms with E-state index in [9.17, 15) is 42.8 Å². The van der Waals surface area contributed by atoms with Crippen LogP contribution in [0.1, 0.15) is 6.23 Å². The van der Waals surface area contributed by atoms with Gasteiger partial charge >= 0.3 is 118 Å². The van der Waals surface area contributed by atoms with Gasteiger partial charge in [0.05, 0.1) is 20.8 Å². The van der Waals surface area contributed by atoms with Crippen molar-refractivity contribution < 1.29 is 179 Å². The summed E-state index contributed by atoms with van der Waals surface area (Å²) in [6, 6.07) is 0. The smallest absolute Gasteiger partial charge is 0.790 e. The normalized spacial score (nSPS) is 25.2. The molecule has 25 heteroatoms. The third kappa shape index (κ3) is 10.8.